The van der Waals surface area contributed by atoms with E-state index in [2.05, 4.69) is 95.4 Å². The average molecular weight is 1930 g/mol. The summed E-state index contributed by atoms with van der Waals surface area (Å²) in [6.45, 7) is 21.2. The van der Waals surface area contributed by atoms with Gasteiger partial charge in [0.25, 0.3) is 0 Å². The Kier molecular flexibility index (Phi) is 46.0. The van der Waals surface area contributed by atoms with Crippen molar-refractivity contribution in [3.63, 3.8) is 0 Å². The van der Waals surface area contributed by atoms with Crippen molar-refractivity contribution in [2.24, 2.45) is 23.3 Å². The number of phenolic OH excluding ortho intramolecular Hbond substituents is 1. The Labute approximate surface area is 802 Å². The Balaban J connectivity index is 1.58. The van der Waals surface area contributed by atoms with E-state index in [0.29, 0.717) is 53.3 Å². The predicted molar refractivity (Wildman–Crippen MR) is 507 cm³/mol. The summed E-state index contributed by atoms with van der Waals surface area (Å²) in [6.07, 6.45) is 2.39. The highest BCUT2D eigenvalue weighted by molar-refractivity contribution is 6.03. The second-order valence-electron chi connectivity index (χ2n) is 36.6. The van der Waals surface area contributed by atoms with E-state index >= 15 is 28.8 Å². The summed E-state index contributed by atoms with van der Waals surface area (Å²) in [5.41, 5.74) is 8.67. The lowest BCUT2D eigenvalue weighted by molar-refractivity contribution is -0.140. The minimum Gasteiger partial charge on any atom is -0.508 e. The molecule has 0 radical (unpaired) electrons. The maximum Gasteiger partial charge on any atom is 0.303 e. The molecule has 5 rings (SSSR count). The number of phenols is 1. The molecule has 758 valence electrons. The Hall–Kier alpha value is -13.9. The van der Waals surface area contributed by atoms with Gasteiger partial charge in [-0.05, 0) is 180 Å². The molecular formula is C95H140N20O23. The number of H-pyrrole nitrogens is 1. The van der Waals surface area contributed by atoms with E-state index < -0.39 is 258 Å². The van der Waals surface area contributed by atoms with E-state index in [9.17, 15) is 82.4 Å². The predicted octanol–water partition coefficient (Wildman–Crippen LogP) is -0.748. The number of aliphatic carboxylic acids is 1. The van der Waals surface area contributed by atoms with Gasteiger partial charge in [-0.15, -0.1) is 0 Å². The summed E-state index contributed by atoms with van der Waals surface area (Å²) in [6, 6.07) is -1.45. The molecular weight excluding hydrogens is 1790 g/mol. The van der Waals surface area contributed by atoms with Crippen LogP contribution in [0.5, 0.6) is 5.75 Å². The number of nitrogens with one attached hydrogen (secondary N) is 18. The molecule has 25 N–H and O–H groups in total. The Morgan fingerprint density at radius 3 is 1.49 bits per heavy atom. The lowest BCUT2D eigenvalue weighted by Crippen LogP contribution is -2.65. The van der Waals surface area contributed by atoms with Crippen molar-refractivity contribution in [2.75, 3.05) is 0 Å². The number of amides is 19. The number of para-hydroxylation sites is 1. The van der Waals surface area contributed by atoms with Gasteiger partial charge in [-0.1, -0.05) is 120 Å². The molecule has 0 spiro atoms. The van der Waals surface area contributed by atoms with Crippen LogP contribution in [0, 0.1) is 11.8 Å². The van der Waals surface area contributed by atoms with E-state index in [-0.39, 0.29) is 75.4 Å². The molecule has 43 nitrogen and oxygen atoms in total. The van der Waals surface area contributed by atoms with E-state index in [0.717, 1.165) is 0 Å². The maximum atomic E-state index is 15.6. The van der Waals surface area contributed by atoms with Gasteiger partial charge in [0, 0.05) is 56.1 Å². The lowest BCUT2D eigenvalue weighted by atomic mass is 9.91. The fraction of sp³-hybridized carbons (Fsp3) is 0.558. The van der Waals surface area contributed by atoms with Crippen LogP contribution in [0.2, 0.25) is 0 Å². The number of rotatable bonds is 37. The number of carboxylic acids is 1. The number of allylic oxidation sites excluding steroid dienone is 2. The quantitative estimate of drug-likeness (QED) is 0.0247. The van der Waals surface area contributed by atoms with Gasteiger partial charge in [-0.25, -0.2) is 0 Å². The van der Waals surface area contributed by atoms with Gasteiger partial charge < -0.3 is 122 Å². The second-order valence-corrected chi connectivity index (χ2v) is 36.6. The Morgan fingerprint density at radius 1 is 0.464 bits per heavy atom. The number of aromatic hydroxyl groups is 1. The van der Waals surface area contributed by atoms with Crippen molar-refractivity contribution in [2.45, 2.75) is 327 Å². The van der Waals surface area contributed by atoms with E-state index in [1.165, 1.54) is 100 Å². The Bertz CT molecular complexity index is 4970. The van der Waals surface area contributed by atoms with Crippen molar-refractivity contribution in [1.82, 2.24) is 95.4 Å². The molecule has 0 saturated carbocycles. The molecule has 1 aromatic heterocycles. The number of hydrogen-bond acceptors (Lipinski definition) is 22. The van der Waals surface area contributed by atoms with Crippen LogP contribution in [-0.2, 0) is 115 Å². The van der Waals surface area contributed by atoms with Crippen LogP contribution >= 0.6 is 0 Å². The number of primary amides is 2. The normalized spacial score (nSPS) is 21.9. The minimum absolute atomic E-state index is 0.107. The molecule has 19 amide bonds. The second kappa shape index (κ2) is 55.3. The fourth-order valence-corrected chi connectivity index (χ4v) is 14.9. The zero-order valence-corrected chi connectivity index (χ0v) is 81.0. The average Bonchev–Trinajstić information content (AvgIpc) is 1.57. The molecule has 1 aliphatic rings. The van der Waals surface area contributed by atoms with Gasteiger partial charge in [-0.3, -0.25) is 95.9 Å². The largest absolute Gasteiger partial charge is 0.508 e. The SMILES string of the molecule is CC(=O)N[C@@H](CC(C)C)C(=O)N[C@H](C(=O)N[C@@H](Cc1ccccc1)C(=O)N[C@]1(C)CCCCCC/C=C/CCC[C@@](C)(C(=O)N[C@@H](C)C(=O)N[C@@H](C)C(=O)N[C@@H](C)C(=O)N[C@@H](C)C(=O)N[C@@H](C)C(=O)N[C@H](C)C(N)=O)NC(=O)C(CC(C)C)NC(=O)[C@H](CCC(N)=O)NC(=O)[C@H](C)NC(=O)C(Cc2c[nH]c3ccccc23)NC(=O)C(Cc2ccc(O)cc2)NC(=O)[C@H](CCC(=O)O)NC1=O)[C@@H](C)O. The van der Waals surface area contributed by atoms with Gasteiger partial charge in [-0.2, -0.15) is 0 Å². The van der Waals surface area contributed by atoms with Crippen molar-refractivity contribution in [3.05, 3.63) is 114 Å². The third-order valence-electron chi connectivity index (χ3n) is 23.1. The summed E-state index contributed by atoms with van der Waals surface area (Å²) < 4.78 is 0. The van der Waals surface area contributed by atoms with E-state index in [1.807, 2.05) is 12.2 Å². The third kappa shape index (κ3) is 38.3. The van der Waals surface area contributed by atoms with Gasteiger partial charge in [0.2, 0.25) is 112 Å². The highest BCUT2D eigenvalue weighted by atomic mass is 16.4. The molecule has 2 heterocycles. The highest BCUT2D eigenvalue weighted by Gasteiger charge is 2.44. The van der Waals surface area contributed by atoms with Crippen molar-refractivity contribution < 1.29 is 111 Å². The number of carbonyl (C=O) groups is 20. The molecule has 43 heteroatoms. The number of hydrogen-bond donors (Lipinski definition) is 23. The smallest absolute Gasteiger partial charge is 0.303 e. The molecule has 4 aromatic rings. The number of nitrogens with two attached hydrogens (primary N) is 2. The molecule has 18 atom stereocenters. The van der Waals surface area contributed by atoms with E-state index in [4.69, 9.17) is 11.5 Å². The van der Waals surface area contributed by atoms with Crippen LogP contribution in [-0.4, -0.2) is 246 Å². The third-order valence-corrected chi connectivity index (χ3v) is 23.1. The van der Waals surface area contributed by atoms with Crippen LogP contribution in [0.4, 0.5) is 0 Å². The van der Waals surface area contributed by atoms with Crippen molar-refractivity contribution in [3.8, 4) is 5.75 Å². The number of aromatic amines is 1. The highest BCUT2D eigenvalue weighted by Crippen LogP contribution is 2.25. The summed E-state index contributed by atoms with van der Waals surface area (Å²) in [7, 11) is 0. The molecule has 3 aromatic carbocycles. The van der Waals surface area contributed by atoms with Crippen LogP contribution in [0.15, 0.2) is 97.2 Å². The van der Waals surface area contributed by atoms with Crippen molar-refractivity contribution >= 4 is 129 Å². The Morgan fingerprint density at radius 2 is 0.957 bits per heavy atom. The maximum absolute atomic E-state index is 15.6. The lowest BCUT2D eigenvalue weighted by Gasteiger charge is -2.34. The number of fused-ring (bicyclic) bond motifs is 1. The van der Waals surface area contributed by atoms with Gasteiger partial charge in [0.15, 0.2) is 0 Å². The summed E-state index contributed by atoms with van der Waals surface area (Å²) in [4.78, 5) is 283. The first-order valence-electron chi connectivity index (χ1n) is 46.5. The molecule has 3 unspecified atom stereocenters. The van der Waals surface area contributed by atoms with Crippen LogP contribution in [0.1, 0.15) is 217 Å². The fourth-order valence-electron chi connectivity index (χ4n) is 14.9. The first-order valence-corrected chi connectivity index (χ1v) is 46.5. The zero-order valence-electron chi connectivity index (χ0n) is 81.0. The van der Waals surface area contributed by atoms with Gasteiger partial charge in [0.1, 0.15) is 107 Å². The zero-order chi connectivity index (χ0) is 103. The number of benzene rings is 3. The van der Waals surface area contributed by atoms with Crippen LogP contribution in [0.3, 0.4) is 0 Å². The van der Waals surface area contributed by atoms with Gasteiger partial charge >= 0.3 is 5.97 Å². The number of aromatic nitrogens is 1. The van der Waals surface area contributed by atoms with E-state index in [1.54, 1.807) is 88.5 Å². The summed E-state index contributed by atoms with van der Waals surface area (Å²) in [5, 5.41) is 76.0. The van der Waals surface area contributed by atoms with Gasteiger partial charge in [0.05, 0.1) is 6.10 Å². The molecule has 0 saturated heterocycles. The van der Waals surface area contributed by atoms with Crippen LogP contribution in [0.25, 0.3) is 10.9 Å². The summed E-state index contributed by atoms with van der Waals surface area (Å²) >= 11 is 0. The molecule has 138 heavy (non-hydrogen) atoms. The molecule has 0 aliphatic carbocycles. The monoisotopic (exact) mass is 1930 g/mol. The number of carbonyl (C=O) groups excluding carboxylic acids is 19. The topological polar surface area (TPSA) is 674 Å². The minimum atomic E-state index is -2.08. The summed E-state index contributed by atoms with van der Waals surface area (Å²) in [5.74, 6) is -19.7. The first-order chi connectivity index (χ1) is 64.8. The molecule has 0 fully saturated rings. The number of aliphatic hydroxyl groups excluding tert-OH is 1. The van der Waals surface area contributed by atoms with Crippen molar-refractivity contribution in [1.29, 1.82) is 0 Å². The first kappa shape index (κ1) is 115. The molecule has 1 aliphatic heterocycles. The molecule has 0 bridgehead atoms. The van der Waals surface area contributed by atoms with Crippen LogP contribution < -0.4 is 102 Å². The number of aliphatic hydroxyl groups is 1. The number of carboxylic acid groups (broad SMARTS) is 1. The standard InChI is InChI=1S/C95H140N20O23/c1-50(2)44-69(106-60(13)117)88(133)113-76(59(12)116)91(136)111-72(46-61-30-24-23-25-31-61)90(135)115-95(15)43-29-22-20-18-16-17-19-21-28-42-94(14,92(137)105-58(11)82(127)103-56(9)81(126)102-55(8)80(125)101-54(7)79(124)100-53(6)78(123)99-52(5)77(97)122)114-89(134)70(45-51(3)4)108-84(129)67(38-40-74(96)119)107-83(128)57(10)104-86(131)73(48-63-49-98-66-33-27-26-32-65(63)66)110-87(132)71(47-62-34-36-64(118)37-35-62)109-85(130)68(112-93(95)138)39-41-75(120)121/h17,19,23-27,30-37,49-59,67-73,76,98,116,118H,16,18,20-22,28-29,38-48H2,1-15H3,(H2,96,119)(H2,97,122)(H,99,123)(H,100,124)(H,101,125)(H,102,126)(H,103,127)(H,104,131)(H,105,137)(H,106,117)(H,107,128)(H,108,129)(H,109,130)(H,110,132)(H,111,136)(H,112,138)(H,113,133)(H,114,134)(H,115,135)(H,120,121)/b19-17+/t52-,53+,54+,55+,56+,57+,58+,59-,67+,68+,69+,70?,71?,72+,73?,76+,94+,95-/m1/s1.